The van der Waals surface area contributed by atoms with Crippen LogP contribution in [0.15, 0.2) is 24.3 Å². The molecular weight excluding hydrogens is 346 g/mol. The van der Waals surface area contributed by atoms with Crippen LogP contribution in [-0.2, 0) is 18.4 Å². The van der Waals surface area contributed by atoms with Crippen LogP contribution in [0.1, 0.15) is 23.7 Å². The lowest BCUT2D eigenvalue weighted by Crippen LogP contribution is -2.55. The molecule has 1 aliphatic heterocycles. The predicted molar refractivity (Wildman–Crippen MR) is 105 cm³/mol. The highest BCUT2D eigenvalue weighted by Gasteiger charge is 2.33. The van der Waals surface area contributed by atoms with Gasteiger partial charge in [-0.05, 0) is 26.3 Å². The molecule has 1 amide bonds. The van der Waals surface area contributed by atoms with Crippen molar-refractivity contribution in [3.63, 3.8) is 0 Å². The molecule has 26 heavy (non-hydrogen) atoms. The van der Waals surface area contributed by atoms with Crippen LogP contribution in [0.5, 0.6) is 0 Å². The molecule has 0 bridgehead atoms. The van der Waals surface area contributed by atoms with Crippen LogP contribution >= 0.6 is 11.3 Å². The van der Waals surface area contributed by atoms with E-state index in [1.807, 2.05) is 30.5 Å². The van der Waals surface area contributed by atoms with Gasteiger partial charge < -0.3 is 9.80 Å². The molecule has 136 valence electrons. The van der Waals surface area contributed by atoms with Gasteiger partial charge in [0, 0.05) is 26.7 Å². The summed E-state index contributed by atoms with van der Waals surface area (Å²) in [6.07, 6.45) is 0. The van der Waals surface area contributed by atoms with E-state index in [2.05, 4.69) is 41.2 Å². The van der Waals surface area contributed by atoms with E-state index < -0.39 is 0 Å². The molecule has 2 aromatic heterocycles. The first-order chi connectivity index (χ1) is 12.4. The van der Waals surface area contributed by atoms with Gasteiger partial charge in [0.1, 0.15) is 6.04 Å². The summed E-state index contributed by atoms with van der Waals surface area (Å²) in [5, 5.41) is 5.32. The molecule has 0 N–H and O–H groups in total. The summed E-state index contributed by atoms with van der Waals surface area (Å²) in [6.45, 7) is 8.22. The molecule has 7 heteroatoms. The summed E-state index contributed by atoms with van der Waals surface area (Å²) in [6, 6.07) is 8.18. The number of piperazine rings is 1. The van der Waals surface area contributed by atoms with Crippen LogP contribution in [0.25, 0.3) is 10.3 Å². The Morgan fingerprint density at radius 2 is 1.92 bits per heavy atom. The third-order valence-electron chi connectivity index (χ3n) is 5.02. The standard InChI is InChI=1S/C19H23N5OS/c1-12-5-7-15(8-6-12)11-23-9-10-24(14(3)18(23)25)19-20-17-16(26-19)13(2)21-22(17)4/h5-8,14H,9-11H2,1-4H3/t14-/m0/s1. The maximum atomic E-state index is 12.9. The second-order valence-electron chi connectivity index (χ2n) is 6.97. The summed E-state index contributed by atoms with van der Waals surface area (Å²) >= 11 is 1.62. The second kappa shape index (κ2) is 6.39. The SMILES string of the molecule is Cc1ccc(CN2CCN(c3nc4c(s3)c(C)nn4C)[C@@H](C)C2=O)cc1. The van der Waals surface area contributed by atoms with Crippen molar-refractivity contribution < 1.29 is 4.79 Å². The highest BCUT2D eigenvalue weighted by atomic mass is 32.1. The Morgan fingerprint density at radius 3 is 2.62 bits per heavy atom. The van der Waals surface area contributed by atoms with E-state index in [4.69, 9.17) is 4.98 Å². The minimum atomic E-state index is -0.206. The number of aryl methyl sites for hydroxylation is 3. The first-order valence-corrected chi connectivity index (χ1v) is 9.67. The molecule has 0 unspecified atom stereocenters. The number of rotatable bonds is 3. The molecule has 0 saturated carbocycles. The number of hydrogen-bond acceptors (Lipinski definition) is 5. The molecule has 0 aliphatic carbocycles. The fraction of sp³-hybridized carbons (Fsp3) is 0.421. The van der Waals surface area contributed by atoms with E-state index in [1.165, 1.54) is 11.1 Å². The highest BCUT2D eigenvalue weighted by Crippen LogP contribution is 2.33. The third kappa shape index (κ3) is 2.86. The zero-order chi connectivity index (χ0) is 18.4. The van der Waals surface area contributed by atoms with Crippen LogP contribution in [0.2, 0.25) is 0 Å². The van der Waals surface area contributed by atoms with Crippen molar-refractivity contribution in [1.29, 1.82) is 0 Å². The van der Waals surface area contributed by atoms with Crippen molar-refractivity contribution >= 4 is 32.7 Å². The average Bonchev–Trinajstić information content (AvgIpc) is 3.16. The molecule has 1 fully saturated rings. The Labute approximate surface area is 157 Å². The van der Waals surface area contributed by atoms with Crippen molar-refractivity contribution in [2.45, 2.75) is 33.4 Å². The highest BCUT2D eigenvalue weighted by molar-refractivity contribution is 7.22. The smallest absolute Gasteiger partial charge is 0.245 e. The van der Waals surface area contributed by atoms with Gasteiger partial charge in [-0.3, -0.25) is 4.79 Å². The van der Waals surface area contributed by atoms with E-state index in [9.17, 15) is 4.79 Å². The van der Waals surface area contributed by atoms with Crippen LogP contribution in [0.4, 0.5) is 5.13 Å². The molecule has 1 aliphatic rings. The van der Waals surface area contributed by atoms with Crippen LogP contribution < -0.4 is 4.90 Å². The number of fused-ring (bicyclic) bond motifs is 1. The first-order valence-electron chi connectivity index (χ1n) is 8.85. The first kappa shape index (κ1) is 17.0. The molecule has 0 spiro atoms. The number of benzene rings is 1. The lowest BCUT2D eigenvalue weighted by Gasteiger charge is -2.39. The Kier molecular flexibility index (Phi) is 4.19. The van der Waals surface area contributed by atoms with Gasteiger partial charge in [-0.2, -0.15) is 5.10 Å². The van der Waals surface area contributed by atoms with Gasteiger partial charge in [-0.1, -0.05) is 41.2 Å². The third-order valence-corrected chi connectivity index (χ3v) is 6.21. The number of carbonyl (C=O) groups is 1. The number of anilines is 1. The molecule has 4 rings (SSSR count). The number of amides is 1. The van der Waals surface area contributed by atoms with Gasteiger partial charge in [0.2, 0.25) is 5.91 Å². The van der Waals surface area contributed by atoms with Crippen molar-refractivity contribution in [3.8, 4) is 0 Å². The Balaban J connectivity index is 1.53. The number of aromatic nitrogens is 3. The quantitative estimate of drug-likeness (QED) is 0.712. The molecule has 1 saturated heterocycles. The number of carbonyl (C=O) groups excluding carboxylic acids is 1. The monoisotopic (exact) mass is 369 g/mol. The number of hydrogen-bond donors (Lipinski definition) is 0. The summed E-state index contributed by atoms with van der Waals surface area (Å²) in [7, 11) is 1.91. The van der Waals surface area contributed by atoms with Gasteiger partial charge in [0.25, 0.3) is 0 Å². The summed E-state index contributed by atoms with van der Waals surface area (Å²) < 4.78 is 2.91. The van der Waals surface area contributed by atoms with Gasteiger partial charge in [0.05, 0.1) is 10.4 Å². The fourth-order valence-corrected chi connectivity index (χ4v) is 4.60. The molecular formula is C19H23N5OS. The summed E-state index contributed by atoms with van der Waals surface area (Å²) in [5.41, 5.74) is 4.29. The average molecular weight is 369 g/mol. The molecule has 3 aromatic rings. The van der Waals surface area contributed by atoms with Gasteiger partial charge >= 0.3 is 0 Å². The number of thiazole rings is 1. The van der Waals surface area contributed by atoms with E-state index >= 15 is 0 Å². The number of nitrogens with zero attached hydrogens (tertiary/aromatic N) is 5. The summed E-state index contributed by atoms with van der Waals surface area (Å²) in [5.74, 6) is 0.158. The van der Waals surface area contributed by atoms with Crippen molar-refractivity contribution in [2.75, 3.05) is 18.0 Å². The van der Waals surface area contributed by atoms with Gasteiger partial charge in [-0.25, -0.2) is 9.67 Å². The molecule has 0 radical (unpaired) electrons. The predicted octanol–water partition coefficient (Wildman–Crippen LogP) is 2.88. The van der Waals surface area contributed by atoms with Crippen LogP contribution in [0.3, 0.4) is 0 Å². The molecule has 1 atom stereocenters. The molecule has 1 aromatic carbocycles. The van der Waals surface area contributed by atoms with E-state index in [-0.39, 0.29) is 11.9 Å². The van der Waals surface area contributed by atoms with Crippen molar-refractivity contribution in [1.82, 2.24) is 19.7 Å². The Bertz CT molecular complexity index is 924. The zero-order valence-electron chi connectivity index (χ0n) is 15.6. The molecule has 6 nitrogen and oxygen atoms in total. The maximum absolute atomic E-state index is 12.9. The van der Waals surface area contributed by atoms with E-state index in [1.54, 1.807) is 11.3 Å². The van der Waals surface area contributed by atoms with Crippen molar-refractivity contribution in [3.05, 3.63) is 41.1 Å². The van der Waals surface area contributed by atoms with Crippen molar-refractivity contribution in [2.24, 2.45) is 7.05 Å². The Hall–Kier alpha value is -2.41. The fourth-order valence-electron chi connectivity index (χ4n) is 3.46. The maximum Gasteiger partial charge on any atom is 0.245 e. The summed E-state index contributed by atoms with van der Waals surface area (Å²) in [4.78, 5) is 21.7. The lowest BCUT2D eigenvalue weighted by molar-refractivity contribution is -0.134. The van der Waals surface area contributed by atoms with Gasteiger partial charge in [0.15, 0.2) is 10.8 Å². The van der Waals surface area contributed by atoms with Crippen LogP contribution in [0, 0.1) is 13.8 Å². The minimum absolute atomic E-state index is 0.158. The zero-order valence-corrected chi connectivity index (χ0v) is 16.4. The van der Waals surface area contributed by atoms with E-state index in [0.717, 1.165) is 27.7 Å². The van der Waals surface area contributed by atoms with Gasteiger partial charge in [-0.15, -0.1) is 0 Å². The van der Waals surface area contributed by atoms with Crippen LogP contribution in [-0.4, -0.2) is 44.7 Å². The normalized spacial score (nSPS) is 18.2. The largest absolute Gasteiger partial charge is 0.335 e. The topological polar surface area (TPSA) is 54.3 Å². The second-order valence-corrected chi connectivity index (χ2v) is 7.95. The minimum Gasteiger partial charge on any atom is -0.335 e. The molecule has 3 heterocycles. The lowest BCUT2D eigenvalue weighted by atomic mass is 10.1. The Morgan fingerprint density at radius 1 is 1.19 bits per heavy atom. The van der Waals surface area contributed by atoms with E-state index in [0.29, 0.717) is 13.1 Å².